The van der Waals surface area contributed by atoms with Crippen LogP contribution in [-0.2, 0) is 0 Å². The lowest BCUT2D eigenvalue weighted by molar-refractivity contribution is -0.275. The Labute approximate surface area is 90.4 Å². The summed E-state index contributed by atoms with van der Waals surface area (Å²) in [4.78, 5) is -0.688. The van der Waals surface area contributed by atoms with Crippen LogP contribution in [0.5, 0.6) is 5.75 Å². The van der Waals surface area contributed by atoms with Crippen LogP contribution < -0.4 is 4.74 Å². The summed E-state index contributed by atoms with van der Waals surface area (Å²) in [6.07, 6.45) is -5.03. The number of hydrogen-bond acceptors (Lipinski definition) is 2. The molecule has 0 fully saturated rings. The summed E-state index contributed by atoms with van der Waals surface area (Å²) in [7, 11) is 0. The second-order valence-corrected chi connectivity index (χ2v) is 3.58. The molecule has 1 aromatic carbocycles. The predicted molar refractivity (Wildman–Crippen MR) is 43.9 cm³/mol. The van der Waals surface area contributed by atoms with Gasteiger partial charge in [0.2, 0.25) is 0 Å². The molecule has 0 unspecified atom stereocenters. The molecule has 1 nitrogen and oxygen atoms in total. The second kappa shape index (κ2) is 4.44. The molecule has 0 spiro atoms. The van der Waals surface area contributed by atoms with Gasteiger partial charge in [0.25, 0.3) is 0 Å². The molecule has 1 radical (unpaired) electrons. The van der Waals surface area contributed by atoms with Gasteiger partial charge in [-0.05, 0) is 30.0 Å². The minimum Gasteiger partial charge on any atom is -0.405 e. The van der Waals surface area contributed by atoms with Crippen molar-refractivity contribution in [3.05, 3.63) is 24.3 Å². The number of rotatable bonds is 2. The largest absolute Gasteiger partial charge is 0.573 e. The van der Waals surface area contributed by atoms with Gasteiger partial charge in [0.05, 0.1) is 4.90 Å². The van der Waals surface area contributed by atoms with Gasteiger partial charge in [-0.25, -0.2) is 0 Å². The Morgan fingerprint density at radius 1 is 1.12 bits per heavy atom. The zero-order chi connectivity index (χ0) is 12.4. The molecule has 1 rings (SSSR count). The fraction of sp³-hybridized carbons (Fsp3) is 0.250. The normalized spacial score (nSPS) is 12.6. The molecule has 16 heavy (non-hydrogen) atoms. The van der Waals surface area contributed by atoms with Crippen molar-refractivity contribution in [2.24, 2.45) is 0 Å². The minimum absolute atomic E-state index is 0.688. The molecule has 0 aliphatic heterocycles. The van der Waals surface area contributed by atoms with Crippen molar-refractivity contribution in [1.82, 2.24) is 0 Å². The lowest BCUT2D eigenvalue weighted by atomic mass is 10.3. The Kier molecular flexibility index (Phi) is 3.61. The summed E-state index contributed by atoms with van der Waals surface area (Å²) in [6.45, 7) is 0. The SMILES string of the molecule is FC(F)(F)Oc1cc[c]cc1SC(F)(F)F. The summed E-state index contributed by atoms with van der Waals surface area (Å²) in [6, 6.07) is 4.81. The molecule has 0 N–H and O–H groups in total. The first-order chi connectivity index (χ1) is 7.17. The van der Waals surface area contributed by atoms with Crippen molar-refractivity contribution >= 4 is 11.8 Å². The zero-order valence-corrected chi connectivity index (χ0v) is 8.13. The number of alkyl halides is 6. The summed E-state index contributed by atoms with van der Waals surface area (Å²) in [5, 5.41) is 0. The number of ether oxygens (including phenoxy) is 1. The Hall–Kier alpha value is -1.05. The van der Waals surface area contributed by atoms with Crippen molar-refractivity contribution in [3.8, 4) is 5.75 Å². The number of thioether (sulfide) groups is 1. The number of benzene rings is 1. The van der Waals surface area contributed by atoms with E-state index in [0.717, 1.165) is 18.2 Å². The van der Waals surface area contributed by atoms with Gasteiger partial charge in [0.1, 0.15) is 5.75 Å². The van der Waals surface area contributed by atoms with E-state index in [4.69, 9.17) is 0 Å². The first-order valence-electron chi connectivity index (χ1n) is 3.69. The molecule has 0 aliphatic rings. The Balaban J connectivity index is 2.92. The highest BCUT2D eigenvalue weighted by Gasteiger charge is 2.35. The van der Waals surface area contributed by atoms with E-state index in [1.807, 2.05) is 0 Å². The molecule has 1 aromatic rings. The molecule has 0 amide bonds. The standard InChI is InChI=1S/C8H3F6OS/c9-7(10,11)15-5-3-1-2-4-6(5)16-8(12,13)14/h1,3-4H. The van der Waals surface area contributed by atoms with Crippen LogP contribution in [0.4, 0.5) is 26.3 Å². The summed E-state index contributed by atoms with van der Waals surface area (Å²) in [5.41, 5.74) is -4.68. The number of halogens is 6. The maximum atomic E-state index is 12.0. The third kappa shape index (κ3) is 4.65. The minimum atomic E-state index is -5.03. The fourth-order valence-corrected chi connectivity index (χ4v) is 1.40. The Morgan fingerprint density at radius 2 is 1.75 bits per heavy atom. The quantitative estimate of drug-likeness (QED) is 0.588. The summed E-state index contributed by atoms with van der Waals surface area (Å²) >= 11 is -0.688. The average Bonchev–Trinajstić information content (AvgIpc) is 2.03. The van der Waals surface area contributed by atoms with Gasteiger partial charge in [-0.15, -0.1) is 13.2 Å². The highest BCUT2D eigenvalue weighted by Crippen LogP contribution is 2.42. The lowest BCUT2D eigenvalue weighted by Crippen LogP contribution is -2.17. The first kappa shape index (κ1) is 13.0. The van der Waals surface area contributed by atoms with Gasteiger partial charge in [-0.3, -0.25) is 0 Å². The fourth-order valence-electron chi connectivity index (χ4n) is 0.814. The van der Waals surface area contributed by atoms with Gasteiger partial charge in [0, 0.05) is 0 Å². The van der Waals surface area contributed by atoms with E-state index in [1.165, 1.54) is 0 Å². The molecule has 8 heteroatoms. The van der Waals surface area contributed by atoms with Crippen molar-refractivity contribution < 1.29 is 31.1 Å². The zero-order valence-electron chi connectivity index (χ0n) is 7.32. The van der Waals surface area contributed by atoms with Crippen molar-refractivity contribution in [2.45, 2.75) is 16.8 Å². The summed E-state index contributed by atoms with van der Waals surface area (Å²) in [5.74, 6) is -0.895. The molecular weight excluding hydrogens is 258 g/mol. The second-order valence-electron chi connectivity index (χ2n) is 2.47. The molecule has 0 aromatic heterocycles. The third-order valence-electron chi connectivity index (χ3n) is 1.24. The van der Waals surface area contributed by atoms with Crippen LogP contribution in [-0.4, -0.2) is 11.9 Å². The smallest absolute Gasteiger partial charge is 0.405 e. The molecule has 0 heterocycles. The van der Waals surface area contributed by atoms with Gasteiger partial charge in [0.15, 0.2) is 0 Å². The van der Waals surface area contributed by atoms with E-state index in [0.29, 0.717) is 0 Å². The average molecular weight is 261 g/mol. The molecule has 0 saturated heterocycles. The van der Waals surface area contributed by atoms with Crippen LogP contribution >= 0.6 is 11.8 Å². The Morgan fingerprint density at radius 3 is 2.25 bits per heavy atom. The van der Waals surface area contributed by atoms with Crippen molar-refractivity contribution in [3.63, 3.8) is 0 Å². The van der Waals surface area contributed by atoms with Gasteiger partial charge in [-0.2, -0.15) is 13.2 Å². The van der Waals surface area contributed by atoms with Crippen LogP contribution in [0.3, 0.4) is 0 Å². The third-order valence-corrected chi connectivity index (χ3v) is 2.01. The topological polar surface area (TPSA) is 9.23 Å². The predicted octanol–water partition coefficient (Wildman–Crippen LogP) is 4.00. The van der Waals surface area contributed by atoms with E-state index < -0.39 is 34.3 Å². The van der Waals surface area contributed by atoms with E-state index in [9.17, 15) is 26.3 Å². The molecular formula is C8H3F6OS. The lowest BCUT2D eigenvalue weighted by Gasteiger charge is -2.13. The highest BCUT2D eigenvalue weighted by atomic mass is 32.2. The summed E-state index contributed by atoms with van der Waals surface area (Å²) < 4.78 is 74.8. The van der Waals surface area contributed by atoms with Crippen LogP contribution in [0.1, 0.15) is 0 Å². The first-order valence-corrected chi connectivity index (χ1v) is 4.50. The van der Waals surface area contributed by atoms with Crippen molar-refractivity contribution in [1.29, 1.82) is 0 Å². The molecule has 0 aliphatic carbocycles. The van der Waals surface area contributed by atoms with E-state index in [-0.39, 0.29) is 0 Å². The maximum absolute atomic E-state index is 12.0. The molecule has 0 bridgehead atoms. The van der Waals surface area contributed by atoms with E-state index in [1.54, 1.807) is 0 Å². The molecule has 0 saturated carbocycles. The molecule has 89 valence electrons. The van der Waals surface area contributed by atoms with Gasteiger partial charge < -0.3 is 4.74 Å². The van der Waals surface area contributed by atoms with Gasteiger partial charge in [-0.1, -0.05) is 6.07 Å². The monoisotopic (exact) mass is 261 g/mol. The van der Waals surface area contributed by atoms with Gasteiger partial charge >= 0.3 is 11.9 Å². The van der Waals surface area contributed by atoms with E-state index in [2.05, 4.69) is 10.8 Å². The van der Waals surface area contributed by atoms with Crippen LogP contribution in [0.25, 0.3) is 0 Å². The van der Waals surface area contributed by atoms with Crippen LogP contribution in [0, 0.1) is 6.07 Å². The maximum Gasteiger partial charge on any atom is 0.573 e. The van der Waals surface area contributed by atoms with E-state index >= 15 is 0 Å². The van der Waals surface area contributed by atoms with Crippen molar-refractivity contribution in [2.75, 3.05) is 0 Å². The van der Waals surface area contributed by atoms with Crippen LogP contribution in [0.2, 0.25) is 0 Å². The van der Waals surface area contributed by atoms with Crippen LogP contribution in [0.15, 0.2) is 23.1 Å². The molecule has 0 atom stereocenters. The highest BCUT2D eigenvalue weighted by molar-refractivity contribution is 8.00. The Bertz CT molecular complexity index is 323. The number of hydrogen-bond donors (Lipinski definition) is 0.